The summed E-state index contributed by atoms with van der Waals surface area (Å²) in [5, 5.41) is 9.92. The molecule has 4 heteroatoms. The van der Waals surface area contributed by atoms with Gasteiger partial charge in [-0.05, 0) is 52.7 Å². The monoisotopic (exact) mass is 302 g/mol. The molecule has 3 aromatic rings. The summed E-state index contributed by atoms with van der Waals surface area (Å²) in [6.45, 7) is 2.04. The van der Waals surface area contributed by atoms with E-state index >= 15 is 0 Å². The quantitative estimate of drug-likeness (QED) is 0.743. The van der Waals surface area contributed by atoms with Crippen LogP contribution in [0.1, 0.15) is 5.56 Å². The molecule has 0 atom stereocenters. The molecule has 0 unspecified atom stereocenters. The van der Waals surface area contributed by atoms with E-state index in [-0.39, 0.29) is 5.75 Å². The molecule has 0 spiro atoms. The van der Waals surface area contributed by atoms with E-state index in [0.29, 0.717) is 0 Å². The Kier molecular flexibility index (Phi) is 2.59. The van der Waals surface area contributed by atoms with Crippen LogP contribution in [0.2, 0.25) is 0 Å². The number of imidazole rings is 1. The van der Waals surface area contributed by atoms with Crippen molar-refractivity contribution in [3.05, 3.63) is 52.8 Å². The maximum absolute atomic E-state index is 9.92. The van der Waals surface area contributed by atoms with E-state index in [9.17, 15) is 5.11 Å². The van der Waals surface area contributed by atoms with Crippen LogP contribution in [-0.2, 0) is 0 Å². The zero-order valence-corrected chi connectivity index (χ0v) is 11.3. The zero-order valence-electron chi connectivity index (χ0n) is 9.76. The molecule has 0 fully saturated rings. The summed E-state index contributed by atoms with van der Waals surface area (Å²) < 4.78 is 2.75. The highest BCUT2D eigenvalue weighted by molar-refractivity contribution is 9.10. The van der Waals surface area contributed by atoms with Crippen molar-refractivity contribution in [1.29, 1.82) is 0 Å². The van der Waals surface area contributed by atoms with Gasteiger partial charge >= 0.3 is 0 Å². The predicted octanol–water partition coefficient (Wildman–Crippen LogP) is 3.78. The summed E-state index contributed by atoms with van der Waals surface area (Å²) >= 11 is 3.46. The number of rotatable bonds is 1. The molecular formula is C14H11BrN2O. The standard InChI is InChI=1S/C14H11BrN2O/c1-9-6-7-17-11(8-9)13(15)16-14(17)10-4-2-3-5-12(10)18/h2-8,18H,1H3. The summed E-state index contributed by atoms with van der Waals surface area (Å²) in [7, 11) is 0. The molecule has 0 saturated carbocycles. The number of fused-ring (bicyclic) bond motifs is 1. The average Bonchev–Trinajstić information content (AvgIpc) is 2.67. The number of aromatic hydroxyl groups is 1. The van der Waals surface area contributed by atoms with Gasteiger partial charge in [0.05, 0.1) is 11.1 Å². The first-order chi connectivity index (χ1) is 8.66. The van der Waals surface area contributed by atoms with Crippen LogP contribution in [-0.4, -0.2) is 14.5 Å². The Hall–Kier alpha value is -1.81. The molecule has 0 aliphatic heterocycles. The summed E-state index contributed by atoms with van der Waals surface area (Å²) in [5.41, 5.74) is 2.89. The van der Waals surface area contributed by atoms with E-state index in [1.807, 2.05) is 35.7 Å². The van der Waals surface area contributed by atoms with Crippen molar-refractivity contribution in [3.63, 3.8) is 0 Å². The fourth-order valence-electron chi connectivity index (χ4n) is 2.01. The van der Waals surface area contributed by atoms with Gasteiger partial charge in [0.1, 0.15) is 16.2 Å². The Bertz CT molecular complexity index is 734. The lowest BCUT2D eigenvalue weighted by molar-refractivity contribution is 0.477. The fraction of sp³-hybridized carbons (Fsp3) is 0.0714. The number of aromatic nitrogens is 2. The average molecular weight is 303 g/mol. The van der Waals surface area contributed by atoms with E-state index < -0.39 is 0 Å². The first-order valence-corrected chi connectivity index (χ1v) is 6.38. The first-order valence-electron chi connectivity index (χ1n) is 5.59. The first kappa shape index (κ1) is 11.3. The lowest BCUT2D eigenvalue weighted by Crippen LogP contribution is -1.89. The van der Waals surface area contributed by atoms with Crippen LogP contribution < -0.4 is 0 Å². The molecule has 3 rings (SSSR count). The second-order valence-corrected chi connectivity index (χ2v) is 4.95. The maximum atomic E-state index is 9.92. The van der Waals surface area contributed by atoms with Gasteiger partial charge < -0.3 is 5.11 Å². The number of phenolic OH excluding ortho intramolecular Hbond substituents is 1. The van der Waals surface area contributed by atoms with Crippen LogP contribution in [0.15, 0.2) is 47.2 Å². The van der Waals surface area contributed by atoms with Crippen molar-refractivity contribution in [2.24, 2.45) is 0 Å². The summed E-state index contributed by atoms with van der Waals surface area (Å²) in [6, 6.07) is 11.3. The number of pyridine rings is 1. The third kappa shape index (κ3) is 1.69. The topological polar surface area (TPSA) is 37.5 Å². The van der Waals surface area contributed by atoms with Gasteiger partial charge in [0.2, 0.25) is 0 Å². The van der Waals surface area contributed by atoms with Gasteiger partial charge in [-0.2, -0.15) is 0 Å². The molecule has 0 aliphatic carbocycles. The minimum Gasteiger partial charge on any atom is -0.507 e. The molecular weight excluding hydrogens is 292 g/mol. The molecule has 0 radical (unpaired) electrons. The zero-order chi connectivity index (χ0) is 12.7. The molecule has 1 N–H and O–H groups in total. The number of nitrogens with zero attached hydrogens (tertiary/aromatic N) is 2. The molecule has 0 saturated heterocycles. The van der Waals surface area contributed by atoms with Gasteiger partial charge in [0.25, 0.3) is 0 Å². The number of benzene rings is 1. The van der Waals surface area contributed by atoms with Crippen LogP contribution in [0, 0.1) is 6.92 Å². The Morgan fingerprint density at radius 2 is 2.00 bits per heavy atom. The highest BCUT2D eigenvalue weighted by atomic mass is 79.9. The van der Waals surface area contributed by atoms with E-state index in [4.69, 9.17) is 0 Å². The van der Waals surface area contributed by atoms with Gasteiger partial charge in [-0.15, -0.1) is 0 Å². The van der Waals surface area contributed by atoms with Crippen molar-refractivity contribution >= 4 is 21.4 Å². The molecule has 1 aromatic carbocycles. The molecule has 18 heavy (non-hydrogen) atoms. The molecule has 90 valence electrons. The summed E-state index contributed by atoms with van der Waals surface area (Å²) in [6.07, 6.45) is 1.96. The second-order valence-electron chi connectivity index (χ2n) is 4.20. The van der Waals surface area contributed by atoms with Crippen LogP contribution in [0.25, 0.3) is 16.9 Å². The number of aryl methyl sites for hydroxylation is 1. The Morgan fingerprint density at radius 1 is 1.22 bits per heavy atom. The number of hydrogen-bond donors (Lipinski definition) is 1. The van der Waals surface area contributed by atoms with Crippen LogP contribution in [0.5, 0.6) is 5.75 Å². The van der Waals surface area contributed by atoms with Gasteiger partial charge in [0.15, 0.2) is 0 Å². The van der Waals surface area contributed by atoms with E-state index in [1.165, 1.54) is 5.56 Å². The molecule has 2 heterocycles. The van der Waals surface area contributed by atoms with Gasteiger partial charge in [-0.25, -0.2) is 4.98 Å². The maximum Gasteiger partial charge on any atom is 0.149 e. The molecule has 0 amide bonds. The fourth-order valence-corrected chi connectivity index (χ4v) is 2.48. The van der Waals surface area contributed by atoms with Crippen molar-refractivity contribution in [1.82, 2.24) is 9.38 Å². The highest BCUT2D eigenvalue weighted by Crippen LogP contribution is 2.31. The third-order valence-corrected chi connectivity index (χ3v) is 3.48. The van der Waals surface area contributed by atoms with Gasteiger partial charge in [-0.3, -0.25) is 4.40 Å². The van der Waals surface area contributed by atoms with Gasteiger partial charge in [-0.1, -0.05) is 12.1 Å². The van der Waals surface area contributed by atoms with E-state index in [1.54, 1.807) is 12.1 Å². The smallest absolute Gasteiger partial charge is 0.149 e. The number of halogens is 1. The minimum atomic E-state index is 0.234. The van der Waals surface area contributed by atoms with Crippen molar-refractivity contribution < 1.29 is 5.11 Å². The highest BCUT2D eigenvalue weighted by Gasteiger charge is 2.13. The third-order valence-electron chi connectivity index (χ3n) is 2.90. The lowest BCUT2D eigenvalue weighted by Gasteiger charge is -2.03. The van der Waals surface area contributed by atoms with Crippen LogP contribution in [0.3, 0.4) is 0 Å². The SMILES string of the molecule is Cc1ccn2c(-c3ccccc3O)nc(Br)c2c1. The van der Waals surface area contributed by atoms with Crippen molar-refractivity contribution in [3.8, 4) is 17.1 Å². The summed E-state index contributed by atoms with van der Waals surface area (Å²) in [5.74, 6) is 0.965. The Balaban J connectivity index is 2.34. The minimum absolute atomic E-state index is 0.234. The molecule has 2 aromatic heterocycles. The van der Waals surface area contributed by atoms with E-state index in [0.717, 1.165) is 21.5 Å². The van der Waals surface area contributed by atoms with Crippen LogP contribution >= 0.6 is 15.9 Å². The molecule has 0 bridgehead atoms. The number of hydrogen-bond acceptors (Lipinski definition) is 2. The normalized spacial score (nSPS) is 11.0. The Morgan fingerprint density at radius 3 is 2.78 bits per heavy atom. The molecule has 3 nitrogen and oxygen atoms in total. The Labute approximate surface area is 113 Å². The molecule has 0 aliphatic rings. The lowest BCUT2D eigenvalue weighted by atomic mass is 10.2. The van der Waals surface area contributed by atoms with Gasteiger partial charge in [0, 0.05) is 6.20 Å². The second kappa shape index (κ2) is 4.14. The van der Waals surface area contributed by atoms with E-state index in [2.05, 4.69) is 27.0 Å². The van der Waals surface area contributed by atoms with Crippen molar-refractivity contribution in [2.45, 2.75) is 6.92 Å². The number of para-hydroxylation sites is 1. The van der Waals surface area contributed by atoms with Crippen LogP contribution in [0.4, 0.5) is 0 Å². The largest absolute Gasteiger partial charge is 0.507 e. The van der Waals surface area contributed by atoms with Crippen molar-refractivity contribution in [2.75, 3.05) is 0 Å². The number of phenols is 1. The summed E-state index contributed by atoms with van der Waals surface area (Å²) in [4.78, 5) is 4.48. The predicted molar refractivity (Wildman–Crippen MR) is 74.7 cm³/mol.